The Hall–Kier alpha value is -1.86. The molecule has 0 bridgehead atoms. The Morgan fingerprint density at radius 1 is 1.11 bits per heavy atom. The normalized spacial score (nSPS) is 26.6. The second kappa shape index (κ2) is 9.79. The maximum absolute atomic E-state index is 13.5. The first-order valence-corrected chi connectivity index (χ1v) is 13.0. The van der Waals surface area contributed by atoms with Gasteiger partial charge in [0.05, 0.1) is 29.7 Å². The summed E-state index contributed by atoms with van der Waals surface area (Å²) in [5.74, 6) is -1.03. The third-order valence-electron chi connectivity index (χ3n) is 5.15. The van der Waals surface area contributed by atoms with Crippen molar-refractivity contribution in [1.82, 2.24) is 9.55 Å². The maximum Gasteiger partial charge on any atom is 0.475 e. The van der Waals surface area contributed by atoms with E-state index >= 15 is 0 Å². The fourth-order valence-corrected chi connectivity index (χ4v) is 5.85. The van der Waals surface area contributed by atoms with Crippen molar-refractivity contribution in [2.45, 2.75) is 104 Å². The SMILES string of the molecule is Cc1c(/C=N/O)n([C@@H]2O[C@H](COP(=O)(OC(C)(C)C)OC(C)(C)C)[C@H]3OC(C)(C)O[C@H]32)c(=O)[nH]c1=O. The molecule has 2 aliphatic rings. The molecule has 204 valence electrons. The van der Waals surface area contributed by atoms with Gasteiger partial charge in [-0.3, -0.25) is 27.9 Å². The molecule has 3 rings (SSSR count). The molecule has 0 saturated carbocycles. The molecule has 14 heteroatoms. The lowest BCUT2D eigenvalue weighted by atomic mass is 10.1. The van der Waals surface area contributed by atoms with Crippen LogP contribution in [0.5, 0.6) is 0 Å². The van der Waals surface area contributed by atoms with E-state index in [9.17, 15) is 14.2 Å². The second-order valence-electron chi connectivity index (χ2n) is 11.2. The lowest BCUT2D eigenvalue weighted by molar-refractivity contribution is -0.200. The average molecular weight is 534 g/mol. The highest BCUT2D eigenvalue weighted by Crippen LogP contribution is 2.56. The molecule has 1 aromatic heterocycles. The number of oxime groups is 1. The van der Waals surface area contributed by atoms with Crippen LogP contribution in [0.15, 0.2) is 14.7 Å². The maximum atomic E-state index is 13.5. The lowest BCUT2D eigenvalue weighted by Crippen LogP contribution is -2.41. The van der Waals surface area contributed by atoms with Crippen LogP contribution in [0, 0.1) is 6.92 Å². The molecule has 2 fully saturated rings. The molecule has 2 N–H and O–H groups in total. The number of fused-ring (bicyclic) bond motifs is 1. The highest BCUT2D eigenvalue weighted by atomic mass is 31.2. The van der Waals surface area contributed by atoms with Crippen LogP contribution in [0.1, 0.15) is 72.9 Å². The number of rotatable bonds is 7. The molecule has 0 unspecified atom stereocenters. The van der Waals surface area contributed by atoms with Crippen molar-refractivity contribution in [3.63, 3.8) is 0 Å². The molecule has 0 amide bonds. The Labute approximate surface area is 209 Å². The molecular formula is C22H36N3O10P. The van der Waals surface area contributed by atoms with Crippen LogP contribution in [-0.4, -0.2) is 62.9 Å². The first-order valence-electron chi connectivity index (χ1n) is 11.5. The van der Waals surface area contributed by atoms with Gasteiger partial charge in [0.1, 0.15) is 18.3 Å². The minimum atomic E-state index is -4.07. The zero-order chi connectivity index (χ0) is 27.3. The van der Waals surface area contributed by atoms with Gasteiger partial charge >= 0.3 is 13.5 Å². The van der Waals surface area contributed by atoms with E-state index in [4.69, 9.17) is 33.0 Å². The van der Waals surface area contributed by atoms with Crippen molar-refractivity contribution in [1.29, 1.82) is 0 Å². The number of phosphoric ester groups is 1. The summed E-state index contributed by atoms with van der Waals surface area (Å²) in [7, 11) is -4.07. The minimum absolute atomic E-state index is 0.0303. The number of H-pyrrole nitrogens is 1. The summed E-state index contributed by atoms with van der Waals surface area (Å²) in [6.45, 7) is 14.9. The van der Waals surface area contributed by atoms with E-state index in [1.165, 1.54) is 6.92 Å². The van der Waals surface area contributed by atoms with E-state index in [2.05, 4.69) is 10.1 Å². The highest BCUT2D eigenvalue weighted by Gasteiger charge is 2.57. The van der Waals surface area contributed by atoms with Gasteiger partial charge in [-0.2, -0.15) is 0 Å². The zero-order valence-electron chi connectivity index (χ0n) is 22.1. The van der Waals surface area contributed by atoms with Crippen molar-refractivity contribution in [3.05, 3.63) is 32.1 Å². The summed E-state index contributed by atoms with van der Waals surface area (Å²) < 4.78 is 49.9. The van der Waals surface area contributed by atoms with Crippen LogP contribution in [0.25, 0.3) is 0 Å². The van der Waals surface area contributed by atoms with E-state index in [0.29, 0.717) is 0 Å². The summed E-state index contributed by atoms with van der Waals surface area (Å²) in [6.07, 6.45) is -2.53. The minimum Gasteiger partial charge on any atom is -0.411 e. The average Bonchev–Trinajstić information content (AvgIpc) is 3.15. The molecule has 2 saturated heterocycles. The van der Waals surface area contributed by atoms with Crippen molar-refractivity contribution in [2.75, 3.05) is 6.61 Å². The zero-order valence-corrected chi connectivity index (χ0v) is 23.0. The number of nitrogens with zero attached hydrogens (tertiary/aromatic N) is 2. The molecular weight excluding hydrogens is 497 g/mol. The van der Waals surface area contributed by atoms with Crippen molar-refractivity contribution >= 4 is 14.0 Å². The Morgan fingerprint density at radius 3 is 2.19 bits per heavy atom. The number of nitrogens with one attached hydrogen (secondary N) is 1. The van der Waals surface area contributed by atoms with Crippen LogP contribution in [0.3, 0.4) is 0 Å². The lowest BCUT2D eigenvalue weighted by Gasteiger charge is -2.32. The van der Waals surface area contributed by atoms with E-state index in [0.717, 1.165) is 10.8 Å². The van der Waals surface area contributed by atoms with Gasteiger partial charge < -0.3 is 19.4 Å². The van der Waals surface area contributed by atoms with Crippen LogP contribution < -0.4 is 11.2 Å². The first kappa shape index (κ1) is 28.7. The molecule has 0 spiro atoms. The Kier molecular flexibility index (Phi) is 7.80. The number of phosphoric acid groups is 1. The second-order valence-corrected chi connectivity index (χ2v) is 12.7. The predicted molar refractivity (Wildman–Crippen MR) is 128 cm³/mol. The summed E-state index contributed by atoms with van der Waals surface area (Å²) >= 11 is 0. The number of ether oxygens (including phenoxy) is 3. The third-order valence-corrected chi connectivity index (χ3v) is 7.16. The number of aromatic nitrogens is 2. The molecule has 36 heavy (non-hydrogen) atoms. The van der Waals surface area contributed by atoms with Gasteiger partial charge in [-0.25, -0.2) is 9.36 Å². The van der Waals surface area contributed by atoms with Gasteiger partial charge in [0.15, 0.2) is 12.0 Å². The van der Waals surface area contributed by atoms with Crippen LogP contribution >= 0.6 is 7.82 Å². The molecule has 0 aliphatic carbocycles. The van der Waals surface area contributed by atoms with E-state index in [1.807, 2.05) is 0 Å². The van der Waals surface area contributed by atoms with Gasteiger partial charge in [0.25, 0.3) is 5.56 Å². The Balaban J connectivity index is 1.97. The van der Waals surface area contributed by atoms with Gasteiger partial charge in [0, 0.05) is 5.56 Å². The van der Waals surface area contributed by atoms with Crippen LogP contribution in [0.4, 0.5) is 0 Å². The highest BCUT2D eigenvalue weighted by molar-refractivity contribution is 7.48. The molecule has 13 nitrogen and oxygen atoms in total. The molecule has 0 radical (unpaired) electrons. The van der Waals surface area contributed by atoms with Crippen molar-refractivity contribution < 1.29 is 37.6 Å². The van der Waals surface area contributed by atoms with Gasteiger partial charge in [-0.1, -0.05) is 5.16 Å². The predicted octanol–water partition coefficient (Wildman–Crippen LogP) is 2.83. The first-order chi connectivity index (χ1) is 16.3. The van der Waals surface area contributed by atoms with Gasteiger partial charge in [-0.05, 0) is 62.3 Å². The van der Waals surface area contributed by atoms with Gasteiger partial charge in [-0.15, -0.1) is 0 Å². The van der Waals surface area contributed by atoms with Gasteiger partial charge in [0.2, 0.25) is 0 Å². The largest absolute Gasteiger partial charge is 0.475 e. The quantitative estimate of drug-likeness (QED) is 0.231. The Morgan fingerprint density at radius 2 is 1.67 bits per heavy atom. The smallest absolute Gasteiger partial charge is 0.411 e. The molecule has 1 aromatic rings. The standard InChI is InChI=1S/C22H36N3O10P/c1-12-13(10-23-28)25(19(27)24-17(12)26)18-16-15(32-22(8,9)33-16)14(31-18)11-30-36(29,34-20(2,3)4)35-21(5,6)7/h10,14-16,18,28H,11H2,1-9H3,(H,24,26,27)/b23-10+/t14-,15-,16-,18-/m1/s1. The summed E-state index contributed by atoms with van der Waals surface area (Å²) in [5, 5.41) is 12.1. The topological polar surface area (TPSA) is 160 Å². The van der Waals surface area contributed by atoms with E-state index in [-0.39, 0.29) is 17.9 Å². The van der Waals surface area contributed by atoms with E-state index in [1.54, 1.807) is 55.4 Å². The fraction of sp³-hybridized carbons (Fsp3) is 0.773. The fourth-order valence-electron chi connectivity index (χ4n) is 4.03. The summed E-state index contributed by atoms with van der Waals surface area (Å²) in [4.78, 5) is 27.2. The van der Waals surface area contributed by atoms with Crippen molar-refractivity contribution in [3.8, 4) is 0 Å². The monoisotopic (exact) mass is 533 g/mol. The molecule has 2 aliphatic heterocycles. The summed E-state index contributed by atoms with van der Waals surface area (Å²) in [6, 6.07) is 0. The van der Waals surface area contributed by atoms with Crippen LogP contribution in [-0.2, 0) is 32.3 Å². The molecule has 4 atom stereocenters. The molecule has 0 aromatic carbocycles. The van der Waals surface area contributed by atoms with E-state index < -0.39 is 60.6 Å². The number of hydrogen-bond donors (Lipinski definition) is 2. The van der Waals surface area contributed by atoms with Crippen molar-refractivity contribution in [2.24, 2.45) is 5.16 Å². The summed E-state index contributed by atoms with van der Waals surface area (Å²) in [5.41, 5.74) is -2.94. The number of hydrogen-bond acceptors (Lipinski definition) is 11. The van der Waals surface area contributed by atoms with Crippen LogP contribution in [0.2, 0.25) is 0 Å². The molecule has 3 heterocycles. The number of aromatic amines is 1. The Bertz CT molecular complexity index is 1140. The third kappa shape index (κ3) is 6.52.